The van der Waals surface area contributed by atoms with Crippen LogP contribution in [0.5, 0.6) is 0 Å². The summed E-state index contributed by atoms with van der Waals surface area (Å²) in [5, 5.41) is 9.22. The summed E-state index contributed by atoms with van der Waals surface area (Å²) >= 11 is 0. The molecule has 0 bridgehead atoms. The first kappa shape index (κ1) is 16.2. The number of nitrogens with zero attached hydrogens (tertiary/aromatic N) is 1. The zero-order chi connectivity index (χ0) is 16.9. The Balaban J connectivity index is 2.55. The summed E-state index contributed by atoms with van der Waals surface area (Å²) < 4.78 is 32.3. The van der Waals surface area contributed by atoms with Crippen LogP contribution in [0.25, 0.3) is 0 Å². The van der Waals surface area contributed by atoms with Crippen molar-refractivity contribution in [3.05, 3.63) is 29.3 Å². The lowest BCUT2D eigenvalue weighted by atomic mass is 9.84. The van der Waals surface area contributed by atoms with Gasteiger partial charge in [0.25, 0.3) is 0 Å². The number of esters is 1. The highest BCUT2D eigenvalue weighted by Crippen LogP contribution is 2.43. The van der Waals surface area contributed by atoms with Gasteiger partial charge in [-0.25, -0.2) is 13.6 Å². The fraction of sp³-hybridized carbons (Fsp3) is 0.467. The SMILES string of the molecule is CC(C)(C)OC(=O)C1(C)CN(C(=O)O)c2cc(F)c(F)cc21. The van der Waals surface area contributed by atoms with E-state index in [-0.39, 0.29) is 17.8 Å². The summed E-state index contributed by atoms with van der Waals surface area (Å²) in [6.07, 6.45) is -1.35. The van der Waals surface area contributed by atoms with Crippen LogP contribution in [0.15, 0.2) is 12.1 Å². The predicted molar refractivity (Wildman–Crippen MR) is 74.9 cm³/mol. The number of rotatable bonds is 1. The maximum Gasteiger partial charge on any atom is 0.411 e. The van der Waals surface area contributed by atoms with E-state index in [1.165, 1.54) is 6.92 Å². The molecule has 22 heavy (non-hydrogen) atoms. The Labute approximate surface area is 126 Å². The van der Waals surface area contributed by atoms with E-state index in [9.17, 15) is 23.5 Å². The molecule has 120 valence electrons. The fourth-order valence-corrected chi connectivity index (χ4v) is 2.42. The normalized spacial score (nSPS) is 20.7. The summed E-state index contributed by atoms with van der Waals surface area (Å²) in [6, 6.07) is 1.64. The van der Waals surface area contributed by atoms with E-state index in [1.807, 2.05) is 0 Å². The number of carbonyl (C=O) groups excluding carboxylic acids is 1. The predicted octanol–water partition coefficient (Wildman–Crippen LogP) is 3.06. The van der Waals surface area contributed by atoms with Crippen LogP contribution < -0.4 is 4.90 Å². The van der Waals surface area contributed by atoms with Crippen LogP contribution in [0.3, 0.4) is 0 Å². The lowest BCUT2D eigenvalue weighted by Crippen LogP contribution is -2.43. The Morgan fingerprint density at radius 3 is 2.32 bits per heavy atom. The Morgan fingerprint density at radius 1 is 1.27 bits per heavy atom. The van der Waals surface area contributed by atoms with E-state index in [2.05, 4.69) is 0 Å². The number of hydrogen-bond donors (Lipinski definition) is 1. The summed E-state index contributed by atoms with van der Waals surface area (Å²) in [5.74, 6) is -2.99. The maximum atomic E-state index is 13.6. The third kappa shape index (κ3) is 2.63. The van der Waals surface area contributed by atoms with Crippen LogP contribution in [0.2, 0.25) is 0 Å². The Kier molecular flexibility index (Phi) is 3.63. The van der Waals surface area contributed by atoms with Crippen LogP contribution in [0.1, 0.15) is 33.3 Å². The highest BCUT2D eigenvalue weighted by molar-refractivity contribution is 5.97. The molecule has 7 heteroatoms. The third-order valence-electron chi connectivity index (χ3n) is 3.48. The molecular weight excluding hydrogens is 296 g/mol. The number of carboxylic acid groups (broad SMARTS) is 1. The summed E-state index contributed by atoms with van der Waals surface area (Å²) in [7, 11) is 0. The zero-order valence-corrected chi connectivity index (χ0v) is 12.7. The molecule has 0 saturated heterocycles. The van der Waals surface area contributed by atoms with Gasteiger partial charge in [-0.2, -0.15) is 0 Å². The number of halogens is 2. The lowest BCUT2D eigenvalue weighted by Gasteiger charge is -2.28. The molecule has 1 aliphatic rings. The zero-order valence-electron chi connectivity index (χ0n) is 12.7. The van der Waals surface area contributed by atoms with Crippen molar-refractivity contribution in [2.75, 3.05) is 11.4 Å². The molecule has 0 saturated carbocycles. The summed E-state index contributed by atoms with van der Waals surface area (Å²) in [4.78, 5) is 24.6. The van der Waals surface area contributed by atoms with Crippen molar-refractivity contribution < 1.29 is 28.2 Å². The molecule has 1 aromatic rings. The molecule has 1 heterocycles. The van der Waals surface area contributed by atoms with Crippen LogP contribution >= 0.6 is 0 Å². The van der Waals surface area contributed by atoms with Crippen LogP contribution in [0.4, 0.5) is 19.3 Å². The molecule has 0 aromatic heterocycles. The van der Waals surface area contributed by atoms with Gasteiger partial charge in [-0.3, -0.25) is 9.69 Å². The Bertz CT molecular complexity index is 654. The van der Waals surface area contributed by atoms with Gasteiger partial charge in [-0.05, 0) is 39.3 Å². The number of benzene rings is 1. The van der Waals surface area contributed by atoms with E-state index >= 15 is 0 Å². The van der Waals surface area contributed by atoms with E-state index in [4.69, 9.17) is 4.74 Å². The van der Waals surface area contributed by atoms with Gasteiger partial charge in [0.2, 0.25) is 0 Å². The first-order valence-electron chi connectivity index (χ1n) is 6.69. The van der Waals surface area contributed by atoms with Gasteiger partial charge < -0.3 is 9.84 Å². The molecule has 1 unspecified atom stereocenters. The highest BCUT2D eigenvalue weighted by Gasteiger charge is 2.49. The van der Waals surface area contributed by atoms with E-state index < -0.39 is 34.7 Å². The molecule has 1 aliphatic heterocycles. The Hall–Kier alpha value is -2.18. The maximum absolute atomic E-state index is 13.6. The molecular formula is C15H17F2NO4. The molecule has 1 aromatic carbocycles. The minimum atomic E-state index is -1.39. The first-order chi connectivity index (χ1) is 9.95. The number of amides is 1. The van der Waals surface area contributed by atoms with E-state index in [0.717, 1.165) is 17.0 Å². The van der Waals surface area contributed by atoms with Crippen molar-refractivity contribution in [1.82, 2.24) is 0 Å². The van der Waals surface area contributed by atoms with Gasteiger partial charge in [0, 0.05) is 12.6 Å². The molecule has 2 rings (SSSR count). The van der Waals surface area contributed by atoms with Crippen molar-refractivity contribution >= 4 is 17.7 Å². The van der Waals surface area contributed by atoms with Gasteiger partial charge in [-0.1, -0.05) is 0 Å². The second kappa shape index (κ2) is 4.93. The van der Waals surface area contributed by atoms with Gasteiger partial charge >= 0.3 is 12.1 Å². The molecule has 1 N–H and O–H groups in total. The van der Waals surface area contributed by atoms with Crippen molar-refractivity contribution in [2.45, 2.75) is 38.7 Å². The summed E-state index contributed by atoms with van der Waals surface area (Å²) in [5.41, 5.74) is -2.12. The number of fused-ring (bicyclic) bond motifs is 1. The smallest absolute Gasteiger partial charge is 0.411 e. The molecule has 0 fully saturated rings. The second-order valence-electron chi connectivity index (χ2n) is 6.49. The Morgan fingerprint density at radius 2 is 1.82 bits per heavy atom. The van der Waals surface area contributed by atoms with Crippen molar-refractivity contribution in [3.8, 4) is 0 Å². The number of ether oxygens (including phenoxy) is 1. The minimum absolute atomic E-state index is 0.0419. The number of hydrogen-bond acceptors (Lipinski definition) is 3. The first-order valence-corrected chi connectivity index (χ1v) is 6.69. The van der Waals surface area contributed by atoms with Crippen LogP contribution in [0, 0.1) is 11.6 Å². The largest absolute Gasteiger partial charge is 0.465 e. The van der Waals surface area contributed by atoms with Crippen molar-refractivity contribution in [2.24, 2.45) is 0 Å². The molecule has 1 amide bonds. The van der Waals surface area contributed by atoms with Gasteiger partial charge in [-0.15, -0.1) is 0 Å². The quantitative estimate of drug-likeness (QED) is 0.809. The highest BCUT2D eigenvalue weighted by atomic mass is 19.2. The topological polar surface area (TPSA) is 66.8 Å². The standard InChI is InChI=1S/C15H17F2NO4/c1-14(2,3)22-12(19)15(4)7-18(13(20)21)11-6-10(17)9(16)5-8(11)15/h5-6H,7H2,1-4H3,(H,20,21). The van der Waals surface area contributed by atoms with E-state index in [1.54, 1.807) is 20.8 Å². The summed E-state index contributed by atoms with van der Waals surface area (Å²) in [6.45, 7) is 6.22. The monoisotopic (exact) mass is 313 g/mol. The second-order valence-corrected chi connectivity index (χ2v) is 6.49. The average molecular weight is 313 g/mol. The van der Waals surface area contributed by atoms with Gasteiger partial charge in [0.1, 0.15) is 11.0 Å². The molecule has 0 radical (unpaired) electrons. The third-order valence-corrected chi connectivity index (χ3v) is 3.48. The molecule has 5 nitrogen and oxygen atoms in total. The van der Waals surface area contributed by atoms with E-state index in [0.29, 0.717) is 0 Å². The van der Waals surface area contributed by atoms with Crippen LogP contribution in [-0.2, 0) is 14.9 Å². The number of carbonyl (C=O) groups is 2. The molecule has 0 spiro atoms. The molecule has 0 aliphatic carbocycles. The number of anilines is 1. The fourth-order valence-electron chi connectivity index (χ4n) is 2.42. The lowest BCUT2D eigenvalue weighted by molar-refractivity contribution is -0.160. The molecule has 1 atom stereocenters. The minimum Gasteiger partial charge on any atom is -0.465 e. The van der Waals surface area contributed by atoms with Gasteiger partial charge in [0.15, 0.2) is 11.6 Å². The average Bonchev–Trinajstić information content (AvgIpc) is 2.63. The van der Waals surface area contributed by atoms with Gasteiger partial charge in [0.05, 0.1) is 5.69 Å². The van der Waals surface area contributed by atoms with Crippen molar-refractivity contribution in [1.29, 1.82) is 0 Å². The van der Waals surface area contributed by atoms with Crippen LogP contribution in [-0.4, -0.2) is 29.3 Å². The van der Waals surface area contributed by atoms with Crippen molar-refractivity contribution in [3.63, 3.8) is 0 Å².